The van der Waals surface area contributed by atoms with Crippen molar-refractivity contribution in [2.45, 2.75) is 45.8 Å². The molecule has 1 heterocycles. The summed E-state index contributed by atoms with van der Waals surface area (Å²) in [5.41, 5.74) is 0.825. The molecule has 0 saturated carbocycles. The topological polar surface area (TPSA) is 34.1 Å². The molecule has 0 saturated heterocycles. The van der Waals surface area contributed by atoms with E-state index in [9.17, 15) is 0 Å². The molecule has 0 spiro atoms. The molecule has 0 radical (unpaired) electrons. The van der Waals surface area contributed by atoms with Crippen LogP contribution in [0.1, 0.15) is 50.9 Å². The minimum absolute atomic E-state index is 0.284. The van der Waals surface area contributed by atoms with Gasteiger partial charge < -0.3 is 10.1 Å². The number of aromatic nitrogens is 1. The number of rotatable bonds is 6. The van der Waals surface area contributed by atoms with Crippen molar-refractivity contribution < 1.29 is 4.74 Å². The van der Waals surface area contributed by atoms with Gasteiger partial charge in [-0.05, 0) is 33.7 Å². The highest BCUT2D eigenvalue weighted by Crippen LogP contribution is 2.28. The van der Waals surface area contributed by atoms with Gasteiger partial charge in [-0.2, -0.15) is 0 Å². The standard InChI is InChI=1S/C12H22N2OS/c1-6-7-13-9(2)10-8-16-11(14-10)12(3,4)15-5/h8-9,13H,6-7H2,1-5H3. The van der Waals surface area contributed by atoms with Crippen LogP contribution in [-0.2, 0) is 10.3 Å². The van der Waals surface area contributed by atoms with Gasteiger partial charge in [-0.25, -0.2) is 4.98 Å². The number of ether oxygens (including phenoxy) is 1. The molecule has 1 aromatic heterocycles. The van der Waals surface area contributed by atoms with Gasteiger partial charge in [0.2, 0.25) is 0 Å². The molecule has 0 fully saturated rings. The van der Waals surface area contributed by atoms with E-state index in [4.69, 9.17) is 4.74 Å². The Hall–Kier alpha value is -0.450. The van der Waals surface area contributed by atoms with Crippen LogP contribution in [0, 0.1) is 0 Å². The molecule has 1 unspecified atom stereocenters. The van der Waals surface area contributed by atoms with Gasteiger partial charge in [0.25, 0.3) is 0 Å². The van der Waals surface area contributed by atoms with Gasteiger partial charge in [-0.15, -0.1) is 11.3 Å². The van der Waals surface area contributed by atoms with Crippen molar-refractivity contribution in [1.82, 2.24) is 10.3 Å². The molecule has 92 valence electrons. The SMILES string of the molecule is CCCNC(C)c1csc(C(C)(C)OC)n1. The van der Waals surface area contributed by atoms with E-state index in [-0.39, 0.29) is 5.60 Å². The van der Waals surface area contributed by atoms with E-state index >= 15 is 0 Å². The summed E-state index contributed by atoms with van der Waals surface area (Å²) in [6, 6.07) is 0.317. The number of nitrogens with zero attached hydrogens (tertiary/aromatic N) is 1. The molecule has 3 nitrogen and oxygen atoms in total. The van der Waals surface area contributed by atoms with Crippen LogP contribution in [0.5, 0.6) is 0 Å². The summed E-state index contributed by atoms with van der Waals surface area (Å²) in [5.74, 6) is 0. The first-order chi connectivity index (χ1) is 7.51. The average molecular weight is 242 g/mol. The fourth-order valence-electron chi connectivity index (χ4n) is 1.31. The van der Waals surface area contributed by atoms with Gasteiger partial charge in [-0.1, -0.05) is 6.92 Å². The minimum Gasteiger partial charge on any atom is -0.372 e. The first-order valence-corrected chi connectivity index (χ1v) is 6.63. The Morgan fingerprint density at radius 1 is 1.56 bits per heavy atom. The van der Waals surface area contributed by atoms with Crippen LogP contribution in [0.25, 0.3) is 0 Å². The zero-order valence-electron chi connectivity index (χ0n) is 10.8. The van der Waals surface area contributed by atoms with E-state index in [1.807, 2.05) is 13.8 Å². The van der Waals surface area contributed by atoms with E-state index < -0.39 is 0 Å². The summed E-state index contributed by atoms with van der Waals surface area (Å²) in [5, 5.41) is 6.59. The number of hydrogen-bond acceptors (Lipinski definition) is 4. The molecule has 0 bridgehead atoms. The van der Waals surface area contributed by atoms with Crippen LogP contribution < -0.4 is 5.32 Å². The highest BCUT2D eigenvalue weighted by atomic mass is 32.1. The lowest BCUT2D eigenvalue weighted by molar-refractivity contribution is 0.0189. The maximum atomic E-state index is 5.43. The van der Waals surface area contributed by atoms with Crippen molar-refractivity contribution in [3.8, 4) is 0 Å². The largest absolute Gasteiger partial charge is 0.372 e. The van der Waals surface area contributed by atoms with Crippen molar-refractivity contribution in [2.24, 2.45) is 0 Å². The highest BCUT2D eigenvalue weighted by molar-refractivity contribution is 7.09. The third kappa shape index (κ3) is 3.27. The first-order valence-electron chi connectivity index (χ1n) is 5.75. The van der Waals surface area contributed by atoms with Crippen LogP contribution in [0.4, 0.5) is 0 Å². The number of hydrogen-bond donors (Lipinski definition) is 1. The molecule has 1 N–H and O–H groups in total. The van der Waals surface area contributed by atoms with E-state index in [1.54, 1.807) is 18.4 Å². The Bertz CT molecular complexity index is 323. The monoisotopic (exact) mass is 242 g/mol. The quantitative estimate of drug-likeness (QED) is 0.832. The average Bonchev–Trinajstić information content (AvgIpc) is 2.75. The lowest BCUT2D eigenvalue weighted by atomic mass is 10.1. The maximum Gasteiger partial charge on any atom is 0.124 e. The maximum absolute atomic E-state index is 5.43. The zero-order valence-corrected chi connectivity index (χ0v) is 11.6. The lowest BCUT2D eigenvalue weighted by Gasteiger charge is -2.19. The number of methoxy groups -OCH3 is 1. The Morgan fingerprint density at radius 3 is 2.81 bits per heavy atom. The third-order valence-corrected chi connectivity index (χ3v) is 3.86. The number of thiazole rings is 1. The second kappa shape index (κ2) is 5.75. The summed E-state index contributed by atoms with van der Waals surface area (Å²) < 4.78 is 5.43. The Labute approximate surface area is 102 Å². The van der Waals surface area contributed by atoms with E-state index in [0.717, 1.165) is 23.7 Å². The minimum atomic E-state index is -0.284. The molecule has 0 aliphatic rings. The third-order valence-electron chi connectivity index (χ3n) is 2.69. The normalized spacial score (nSPS) is 14.1. The summed E-state index contributed by atoms with van der Waals surface area (Å²) in [6.45, 7) is 9.43. The van der Waals surface area contributed by atoms with Crippen molar-refractivity contribution >= 4 is 11.3 Å². The number of nitrogens with one attached hydrogen (secondary N) is 1. The van der Waals surface area contributed by atoms with Crippen molar-refractivity contribution in [1.29, 1.82) is 0 Å². The van der Waals surface area contributed by atoms with Gasteiger partial charge in [0, 0.05) is 18.5 Å². The van der Waals surface area contributed by atoms with Gasteiger partial charge in [-0.3, -0.25) is 0 Å². The van der Waals surface area contributed by atoms with E-state index in [2.05, 4.69) is 29.5 Å². The van der Waals surface area contributed by atoms with Crippen molar-refractivity contribution in [2.75, 3.05) is 13.7 Å². The first kappa shape index (κ1) is 13.6. The van der Waals surface area contributed by atoms with Gasteiger partial charge in [0.1, 0.15) is 10.6 Å². The fraction of sp³-hybridized carbons (Fsp3) is 0.750. The Kier molecular flexibility index (Phi) is 4.89. The molecule has 0 aliphatic heterocycles. The molecule has 1 atom stereocenters. The molecule has 1 aromatic rings. The molecule has 0 aliphatic carbocycles. The lowest BCUT2D eigenvalue weighted by Crippen LogP contribution is -2.21. The molecule has 0 aromatic carbocycles. The Morgan fingerprint density at radius 2 is 2.25 bits per heavy atom. The molecule has 4 heteroatoms. The second-order valence-electron chi connectivity index (χ2n) is 4.47. The molecular formula is C12H22N2OS. The predicted octanol–water partition coefficient (Wildman–Crippen LogP) is 3.09. The van der Waals surface area contributed by atoms with Crippen LogP contribution in [0.3, 0.4) is 0 Å². The molecular weight excluding hydrogens is 220 g/mol. The van der Waals surface area contributed by atoms with Crippen LogP contribution in [0.2, 0.25) is 0 Å². The van der Waals surface area contributed by atoms with Gasteiger partial charge >= 0.3 is 0 Å². The molecule has 0 amide bonds. The van der Waals surface area contributed by atoms with Crippen molar-refractivity contribution in [3.63, 3.8) is 0 Å². The summed E-state index contributed by atoms with van der Waals surface area (Å²) in [6.07, 6.45) is 1.14. The zero-order chi connectivity index (χ0) is 12.2. The van der Waals surface area contributed by atoms with E-state index in [0.29, 0.717) is 6.04 Å². The van der Waals surface area contributed by atoms with Crippen molar-refractivity contribution in [3.05, 3.63) is 16.1 Å². The summed E-state index contributed by atoms with van der Waals surface area (Å²) in [7, 11) is 1.72. The highest BCUT2D eigenvalue weighted by Gasteiger charge is 2.24. The molecule has 1 rings (SSSR count). The van der Waals surface area contributed by atoms with E-state index in [1.165, 1.54) is 0 Å². The van der Waals surface area contributed by atoms with Crippen LogP contribution >= 0.6 is 11.3 Å². The second-order valence-corrected chi connectivity index (χ2v) is 5.33. The predicted molar refractivity (Wildman–Crippen MR) is 68.9 cm³/mol. The smallest absolute Gasteiger partial charge is 0.124 e. The van der Waals surface area contributed by atoms with Gasteiger partial charge in [0.05, 0.1) is 5.69 Å². The van der Waals surface area contributed by atoms with Crippen LogP contribution in [-0.4, -0.2) is 18.6 Å². The summed E-state index contributed by atoms with van der Waals surface area (Å²) in [4.78, 5) is 4.64. The summed E-state index contributed by atoms with van der Waals surface area (Å²) >= 11 is 1.67. The Balaban J connectivity index is 2.71. The fourth-order valence-corrected chi connectivity index (χ4v) is 2.33. The van der Waals surface area contributed by atoms with Crippen LogP contribution in [0.15, 0.2) is 5.38 Å². The molecule has 16 heavy (non-hydrogen) atoms. The van der Waals surface area contributed by atoms with Gasteiger partial charge in [0.15, 0.2) is 0 Å².